The Bertz CT molecular complexity index is 454. The van der Waals surface area contributed by atoms with E-state index in [1.807, 2.05) is 11.8 Å². The number of nitrogens with one attached hydrogen (secondary N) is 2. The summed E-state index contributed by atoms with van der Waals surface area (Å²) in [7, 11) is 0. The van der Waals surface area contributed by atoms with Crippen molar-refractivity contribution in [2.45, 2.75) is 50.9 Å². The summed E-state index contributed by atoms with van der Waals surface area (Å²) in [6.45, 7) is 5.12. The van der Waals surface area contributed by atoms with E-state index in [0.717, 1.165) is 17.8 Å². The predicted molar refractivity (Wildman–Crippen MR) is 97.3 cm³/mol. The molecule has 21 heavy (non-hydrogen) atoms. The van der Waals surface area contributed by atoms with Crippen molar-refractivity contribution in [1.82, 2.24) is 20.8 Å². The van der Waals surface area contributed by atoms with Crippen LogP contribution < -0.4 is 10.6 Å². The largest absolute Gasteiger partial charge is 0.357 e. The van der Waals surface area contributed by atoms with Crippen LogP contribution in [-0.4, -0.2) is 40.2 Å². The highest BCUT2D eigenvalue weighted by Gasteiger charge is 2.24. The van der Waals surface area contributed by atoms with Crippen molar-refractivity contribution in [3.63, 3.8) is 0 Å². The third-order valence-electron chi connectivity index (χ3n) is 3.34. The second-order valence-corrected chi connectivity index (χ2v) is 6.08. The van der Waals surface area contributed by atoms with Gasteiger partial charge in [0.2, 0.25) is 5.89 Å². The first-order valence-electron chi connectivity index (χ1n) is 7.08. The lowest BCUT2D eigenvalue weighted by atomic mass is 10.2. The van der Waals surface area contributed by atoms with Gasteiger partial charge in [-0.1, -0.05) is 5.16 Å². The van der Waals surface area contributed by atoms with Crippen LogP contribution in [0.5, 0.6) is 0 Å². The lowest BCUT2D eigenvalue weighted by Crippen LogP contribution is -2.42. The standard InChI is InChI=1S/C13H23N5OS.HI/c1-4-14-13(15-8-12-16-9(2)18-19-12)17-10-5-6-11(7-10)20-3;/h10-11H,4-8H2,1-3H3,(H2,14,15,17);1H. The van der Waals surface area contributed by atoms with Crippen LogP contribution in [0.15, 0.2) is 9.52 Å². The van der Waals surface area contributed by atoms with E-state index in [0.29, 0.717) is 24.3 Å². The molecule has 2 N–H and O–H groups in total. The zero-order valence-corrected chi connectivity index (χ0v) is 15.9. The van der Waals surface area contributed by atoms with Crippen LogP contribution in [0.3, 0.4) is 0 Å². The highest BCUT2D eigenvalue weighted by atomic mass is 127. The number of hydrogen-bond acceptors (Lipinski definition) is 5. The molecule has 1 fully saturated rings. The molecule has 1 heterocycles. The van der Waals surface area contributed by atoms with Gasteiger partial charge in [0.25, 0.3) is 0 Å². The number of halogens is 1. The van der Waals surface area contributed by atoms with Crippen molar-refractivity contribution >= 4 is 41.7 Å². The normalized spacial score (nSPS) is 22.0. The minimum Gasteiger partial charge on any atom is -0.357 e. The summed E-state index contributed by atoms with van der Waals surface area (Å²) in [6, 6.07) is 0.509. The number of aliphatic imine (C=N–C) groups is 1. The van der Waals surface area contributed by atoms with E-state index < -0.39 is 0 Å². The Morgan fingerprint density at radius 2 is 2.29 bits per heavy atom. The molecule has 1 aliphatic carbocycles. The van der Waals surface area contributed by atoms with Gasteiger partial charge in [0.05, 0.1) is 0 Å². The molecule has 8 heteroatoms. The summed E-state index contributed by atoms with van der Waals surface area (Å²) in [4.78, 5) is 8.66. The summed E-state index contributed by atoms with van der Waals surface area (Å²) < 4.78 is 5.07. The summed E-state index contributed by atoms with van der Waals surface area (Å²) >= 11 is 1.96. The minimum absolute atomic E-state index is 0. The molecule has 0 spiro atoms. The summed E-state index contributed by atoms with van der Waals surface area (Å²) in [5.74, 6) is 2.02. The molecule has 1 saturated carbocycles. The zero-order chi connectivity index (χ0) is 14.4. The summed E-state index contributed by atoms with van der Waals surface area (Å²) in [5.41, 5.74) is 0. The molecule has 0 aliphatic heterocycles. The Labute approximate surface area is 147 Å². The molecule has 0 bridgehead atoms. The number of aromatic nitrogens is 2. The molecule has 1 aromatic rings. The second-order valence-electron chi connectivity index (χ2n) is 4.94. The number of thioether (sulfide) groups is 1. The summed E-state index contributed by atoms with van der Waals surface area (Å²) in [5, 5.41) is 11.3. The molecule has 2 unspecified atom stereocenters. The Hall–Kier alpha value is -0.510. The monoisotopic (exact) mass is 425 g/mol. The minimum atomic E-state index is 0. The van der Waals surface area contributed by atoms with Crippen molar-refractivity contribution < 1.29 is 4.52 Å². The molecule has 0 saturated heterocycles. The fourth-order valence-electron chi connectivity index (χ4n) is 2.35. The molecule has 0 amide bonds. The number of rotatable bonds is 5. The van der Waals surface area contributed by atoms with Crippen LogP contribution in [0.1, 0.15) is 37.9 Å². The quantitative estimate of drug-likeness (QED) is 0.429. The third kappa shape index (κ3) is 6.01. The van der Waals surface area contributed by atoms with Crippen molar-refractivity contribution in [3.05, 3.63) is 11.7 Å². The molecule has 0 aromatic carbocycles. The molecular weight excluding hydrogens is 401 g/mol. The SMILES string of the molecule is CCNC(=NCc1nc(C)no1)NC1CCC(SC)C1.I. The van der Waals surface area contributed by atoms with Gasteiger partial charge in [-0.3, -0.25) is 0 Å². The summed E-state index contributed by atoms with van der Waals surface area (Å²) in [6.07, 6.45) is 5.87. The number of hydrogen-bond donors (Lipinski definition) is 2. The van der Waals surface area contributed by atoms with Crippen LogP contribution in [-0.2, 0) is 6.54 Å². The Morgan fingerprint density at radius 3 is 2.86 bits per heavy atom. The van der Waals surface area contributed by atoms with Crippen LogP contribution in [0, 0.1) is 6.92 Å². The topological polar surface area (TPSA) is 75.3 Å². The van der Waals surface area contributed by atoms with Crippen molar-refractivity contribution in [3.8, 4) is 0 Å². The van der Waals surface area contributed by atoms with Gasteiger partial charge >= 0.3 is 0 Å². The molecule has 120 valence electrons. The first-order chi connectivity index (χ1) is 9.71. The van der Waals surface area contributed by atoms with Crippen molar-refractivity contribution in [1.29, 1.82) is 0 Å². The van der Waals surface area contributed by atoms with Crippen LogP contribution in [0.25, 0.3) is 0 Å². The molecular formula is C13H24IN5OS. The average molecular weight is 425 g/mol. The highest BCUT2D eigenvalue weighted by Crippen LogP contribution is 2.27. The van der Waals surface area contributed by atoms with E-state index in [4.69, 9.17) is 4.52 Å². The van der Waals surface area contributed by atoms with E-state index in [1.54, 1.807) is 6.92 Å². The van der Waals surface area contributed by atoms with E-state index in [9.17, 15) is 0 Å². The molecule has 2 atom stereocenters. The Kier molecular flexibility index (Phi) is 8.38. The fraction of sp³-hybridized carbons (Fsp3) is 0.769. The number of nitrogens with zero attached hydrogens (tertiary/aromatic N) is 3. The number of guanidine groups is 1. The van der Waals surface area contributed by atoms with Gasteiger partial charge in [-0.15, -0.1) is 24.0 Å². The van der Waals surface area contributed by atoms with Gasteiger partial charge in [-0.25, -0.2) is 4.99 Å². The van der Waals surface area contributed by atoms with E-state index in [-0.39, 0.29) is 24.0 Å². The van der Waals surface area contributed by atoms with Crippen molar-refractivity contribution in [2.24, 2.45) is 4.99 Å². The van der Waals surface area contributed by atoms with Gasteiger partial charge in [0, 0.05) is 17.8 Å². The maximum absolute atomic E-state index is 5.07. The van der Waals surface area contributed by atoms with Crippen molar-refractivity contribution in [2.75, 3.05) is 12.8 Å². The second kappa shape index (κ2) is 9.50. The van der Waals surface area contributed by atoms with Crippen LogP contribution in [0.2, 0.25) is 0 Å². The molecule has 0 radical (unpaired) electrons. The van der Waals surface area contributed by atoms with Gasteiger partial charge < -0.3 is 15.2 Å². The maximum Gasteiger partial charge on any atom is 0.248 e. The Balaban J connectivity index is 0.00000220. The molecule has 1 aromatic heterocycles. The molecule has 1 aliphatic rings. The maximum atomic E-state index is 5.07. The first kappa shape index (κ1) is 18.5. The zero-order valence-electron chi connectivity index (χ0n) is 12.8. The first-order valence-corrected chi connectivity index (χ1v) is 8.37. The average Bonchev–Trinajstić information content (AvgIpc) is 3.05. The van der Waals surface area contributed by atoms with E-state index in [1.165, 1.54) is 19.3 Å². The van der Waals surface area contributed by atoms with Gasteiger partial charge in [0.15, 0.2) is 11.8 Å². The Morgan fingerprint density at radius 1 is 1.48 bits per heavy atom. The van der Waals surface area contributed by atoms with Gasteiger partial charge in [-0.2, -0.15) is 16.7 Å². The molecule has 2 rings (SSSR count). The van der Waals surface area contributed by atoms with E-state index in [2.05, 4.69) is 38.9 Å². The van der Waals surface area contributed by atoms with Gasteiger partial charge in [0.1, 0.15) is 6.54 Å². The van der Waals surface area contributed by atoms with E-state index >= 15 is 0 Å². The third-order valence-corrected chi connectivity index (χ3v) is 4.44. The molecule has 6 nitrogen and oxygen atoms in total. The van der Waals surface area contributed by atoms with Crippen LogP contribution in [0.4, 0.5) is 0 Å². The van der Waals surface area contributed by atoms with Crippen LogP contribution >= 0.6 is 35.7 Å². The lowest BCUT2D eigenvalue weighted by Gasteiger charge is -2.16. The predicted octanol–water partition coefficient (Wildman–Crippen LogP) is 2.34. The van der Waals surface area contributed by atoms with Gasteiger partial charge in [-0.05, 0) is 39.4 Å². The highest BCUT2D eigenvalue weighted by molar-refractivity contribution is 14.0. The fourth-order valence-corrected chi connectivity index (χ4v) is 3.15. The lowest BCUT2D eigenvalue weighted by molar-refractivity contribution is 0.376. The smallest absolute Gasteiger partial charge is 0.248 e. The number of aryl methyl sites for hydroxylation is 1.